The van der Waals surface area contributed by atoms with E-state index in [-0.39, 0.29) is 5.78 Å². The molecule has 1 unspecified atom stereocenters. The van der Waals surface area contributed by atoms with Gasteiger partial charge in [0.25, 0.3) is 0 Å². The van der Waals surface area contributed by atoms with Crippen LogP contribution in [0.2, 0.25) is 0 Å². The smallest absolute Gasteiger partial charge is 0.184 e. The van der Waals surface area contributed by atoms with Crippen LogP contribution in [0.15, 0.2) is 10.8 Å². The number of nitrogens with two attached hydrogens (primary N) is 1. The van der Waals surface area contributed by atoms with Gasteiger partial charge in [0.05, 0.1) is 17.3 Å². The molecule has 72 valence electrons. The molecule has 0 aliphatic heterocycles. The van der Waals surface area contributed by atoms with Crippen molar-refractivity contribution in [2.24, 2.45) is 5.73 Å². The highest BCUT2D eigenvalue weighted by molar-refractivity contribution is 6.00. The molecule has 0 amide bonds. The first-order valence-electron chi connectivity index (χ1n) is 4.37. The van der Waals surface area contributed by atoms with Crippen molar-refractivity contribution in [1.82, 2.24) is 5.16 Å². The lowest BCUT2D eigenvalue weighted by Gasteiger charge is -2.06. The van der Waals surface area contributed by atoms with E-state index in [1.165, 1.54) is 6.26 Å². The lowest BCUT2D eigenvalue weighted by Crippen LogP contribution is -2.30. The summed E-state index contributed by atoms with van der Waals surface area (Å²) in [5.74, 6) is -0.0828. The maximum absolute atomic E-state index is 11.6. The first-order chi connectivity index (χ1) is 6.16. The third-order valence-electron chi connectivity index (χ3n) is 1.95. The first kappa shape index (κ1) is 9.92. The molecule has 0 bridgehead atoms. The molecule has 4 nitrogen and oxygen atoms in total. The zero-order chi connectivity index (χ0) is 9.84. The van der Waals surface area contributed by atoms with Gasteiger partial charge in [0.15, 0.2) is 5.78 Å². The van der Waals surface area contributed by atoms with Crippen LogP contribution < -0.4 is 5.73 Å². The van der Waals surface area contributed by atoms with E-state index < -0.39 is 6.04 Å². The van der Waals surface area contributed by atoms with E-state index in [1.807, 2.05) is 6.92 Å². The molecule has 1 rings (SSSR count). The van der Waals surface area contributed by atoms with Gasteiger partial charge in [0.1, 0.15) is 6.26 Å². The maximum Gasteiger partial charge on any atom is 0.184 e. The Balaban J connectivity index is 2.73. The summed E-state index contributed by atoms with van der Waals surface area (Å²) in [7, 11) is 0. The highest BCUT2D eigenvalue weighted by Gasteiger charge is 2.18. The topological polar surface area (TPSA) is 69.1 Å². The first-order valence-corrected chi connectivity index (χ1v) is 4.37. The van der Waals surface area contributed by atoms with Crippen LogP contribution in [0, 0.1) is 6.92 Å². The summed E-state index contributed by atoms with van der Waals surface area (Å²) in [6.07, 6.45) is 2.95. The van der Waals surface area contributed by atoms with E-state index >= 15 is 0 Å². The zero-order valence-corrected chi connectivity index (χ0v) is 7.91. The second kappa shape index (κ2) is 4.18. The normalized spacial score (nSPS) is 12.8. The standard InChI is InChI=1S/C9H14N2O2/c1-3-4-8(10)9(12)7-5-13-11-6(7)2/h5,8H,3-4,10H2,1-2H3. The number of carbonyl (C=O) groups excluding carboxylic acids is 1. The van der Waals surface area contributed by atoms with Crippen molar-refractivity contribution >= 4 is 5.78 Å². The van der Waals surface area contributed by atoms with Crippen LogP contribution >= 0.6 is 0 Å². The summed E-state index contributed by atoms with van der Waals surface area (Å²) < 4.78 is 4.67. The minimum Gasteiger partial charge on any atom is -0.364 e. The molecule has 1 aromatic heterocycles. The minimum absolute atomic E-state index is 0.0828. The molecular weight excluding hydrogens is 168 g/mol. The predicted molar refractivity (Wildman–Crippen MR) is 48.5 cm³/mol. The number of rotatable bonds is 4. The highest BCUT2D eigenvalue weighted by Crippen LogP contribution is 2.09. The second-order valence-electron chi connectivity index (χ2n) is 3.07. The Bertz CT molecular complexity index is 294. The van der Waals surface area contributed by atoms with Gasteiger partial charge in [0, 0.05) is 0 Å². The number of ketones is 1. The Hall–Kier alpha value is -1.16. The molecule has 0 spiro atoms. The van der Waals surface area contributed by atoms with E-state index in [4.69, 9.17) is 5.73 Å². The molecule has 0 saturated carbocycles. The number of hydrogen-bond donors (Lipinski definition) is 1. The molecule has 1 atom stereocenters. The SMILES string of the molecule is CCCC(N)C(=O)c1conc1C. The predicted octanol–water partition coefficient (Wildman–Crippen LogP) is 1.29. The van der Waals surface area contributed by atoms with Crippen molar-refractivity contribution in [3.63, 3.8) is 0 Å². The second-order valence-corrected chi connectivity index (χ2v) is 3.07. The average molecular weight is 182 g/mol. The van der Waals surface area contributed by atoms with E-state index in [0.717, 1.165) is 6.42 Å². The fourth-order valence-corrected chi connectivity index (χ4v) is 1.17. The van der Waals surface area contributed by atoms with Crippen molar-refractivity contribution in [1.29, 1.82) is 0 Å². The number of aromatic nitrogens is 1. The molecule has 0 fully saturated rings. The quantitative estimate of drug-likeness (QED) is 0.712. The van der Waals surface area contributed by atoms with E-state index in [0.29, 0.717) is 17.7 Å². The van der Waals surface area contributed by atoms with E-state index in [9.17, 15) is 4.79 Å². The van der Waals surface area contributed by atoms with E-state index in [1.54, 1.807) is 6.92 Å². The third kappa shape index (κ3) is 2.15. The Morgan fingerprint density at radius 3 is 2.92 bits per heavy atom. The van der Waals surface area contributed by atoms with Crippen molar-refractivity contribution in [2.45, 2.75) is 32.7 Å². The largest absolute Gasteiger partial charge is 0.364 e. The summed E-state index contributed by atoms with van der Waals surface area (Å²) in [6.45, 7) is 3.73. The molecule has 4 heteroatoms. The highest BCUT2D eigenvalue weighted by atomic mass is 16.5. The Kier molecular flexibility index (Phi) is 3.19. The zero-order valence-electron chi connectivity index (χ0n) is 7.91. The minimum atomic E-state index is -0.428. The van der Waals surface area contributed by atoms with Gasteiger partial charge in [-0.1, -0.05) is 18.5 Å². The van der Waals surface area contributed by atoms with Crippen LogP contribution in [-0.4, -0.2) is 17.0 Å². The molecule has 0 saturated heterocycles. The molecule has 0 aliphatic rings. The Labute approximate surface area is 77.1 Å². The molecule has 13 heavy (non-hydrogen) atoms. The molecule has 0 radical (unpaired) electrons. The molecule has 0 aromatic carbocycles. The summed E-state index contributed by atoms with van der Waals surface area (Å²) in [5, 5.41) is 3.63. The van der Waals surface area contributed by atoms with Crippen LogP contribution in [0.3, 0.4) is 0 Å². The lowest BCUT2D eigenvalue weighted by molar-refractivity contribution is 0.0955. The van der Waals surface area contributed by atoms with Crippen LogP contribution in [-0.2, 0) is 0 Å². The third-order valence-corrected chi connectivity index (χ3v) is 1.95. The van der Waals surface area contributed by atoms with Crippen LogP contribution in [0.4, 0.5) is 0 Å². The van der Waals surface area contributed by atoms with Crippen molar-refractivity contribution in [2.75, 3.05) is 0 Å². The van der Waals surface area contributed by atoms with Gasteiger partial charge in [-0.2, -0.15) is 0 Å². The monoisotopic (exact) mass is 182 g/mol. The van der Waals surface area contributed by atoms with Crippen molar-refractivity contribution in [3.05, 3.63) is 17.5 Å². The van der Waals surface area contributed by atoms with Gasteiger partial charge in [-0.25, -0.2) is 0 Å². The molecule has 1 heterocycles. The molecular formula is C9H14N2O2. The van der Waals surface area contributed by atoms with Crippen LogP contribution in [0.1, 0.15) is 35.8 Å². The number of aryl methyl sites for hydroxylation is 1. The fraction of sp³-hybridized carbons (Fsp3) is 0.556. The van der Waals surface area contributed by atoms with Gasteiger partial charge in [-0.15, -0.1) is 0 Å². The average Bonchev–Trinajstić information content (AvgIpc) is 2.50. The van der Waals surface area contributed by atoms with Crippen LogP contribution in [0.5, 0.6) is 0 Å². The maximum atomic E-state index is 11.6. The fourth-order valence-electron chi connectivity index (χ4n) is 1.17. The number of carbonyl (C=O) groups is 1. The summed E-state index contributed by atoms with van der Waals surface area (Å²) in [4.78, 5) is 11.6. The number of Topliss-reactive ketones (excluding diaryl/α,β-unsaturated/α-hetero) is 1. The summed E-state index contributed by atoms with van der Waals surface area (Å²) in [5.41, 5.74) is 6.78. The Morgan fingerprint density at radius 1 is 1.77 bits per heavy atom. The Morgan fingerprint density at radius 2 is 2.46 bits per heavy atom. The lowest BCUT2D eigenvalue weighted by atomic mass is 10.0. The van der Waals surface area contributed by atoms with E-state index in [2.05, 4.69) is 9.68 Å². The molecule has 1 aromatic rings. The van der Waals surface area contributed by atoms with Crippen molar-refractivity contribution in [3.8, 4) is 0 Å². The van der Waals surface area contributed by atoms with Gasteiger partial charge in [0.2, 0.25) is 0 Å². The molecule has 2 N–H and O–H groups in total. The number of hydrogen-bond acceptors (Lipinski definition) is 4. The summed E-state index contributed by atoms with van der Waals surface area (Å²) in [6, 6.07) is -0.428. The van der Waals surface area contributed by atoms with Gasteiger partial charge in [-0.3, -0.25) is 4.79 Å². The van der Waals surface area contributed by atoms with Gasteiger partial charge >= 0.3 is 0 Å². The van der Waals surface area contributed by atoms with Crippen molar-refractivity contribution < 1.29 is 9.32 Å². The molecule has 0 aliphatic carbocycles. The number of nitrogens with zero attached hydrogens (tertiary/aromatic N) is 1. The van der Waals surface area contributed by atoms with Gasteiger partial charge in [-0.05, 0) is 13.3 Å². The van der Waals surface area contributed by atoms with Gasteiger partial charge < -0.3 is 10.3 Å². The van der Waals surface area contributed by atoms with Crippen LogP contribution in [0.25, 0.3) is 0 Å². The summed E-state index contributed by atoms with van der Waals surface area (Å²) >= 11 is 0.